The summed E-state index contributed by atoms with van der Waals surface area (Å²) in [4.78, 5) is 0.197. The lowest BCUT2D eigenvalue weighted by Crippen LogP contribution is -2.33. The number of nitrogens with two attached hydrogens (primary N) is 1. The molecule has 3 N–H and O–H groups in total. The van der Waals surface area contributed by atoms with Gasteiger partial charge in [-0.3, -0.25) is 0 Å². The summed E-state index contributed by atoms with van der Waals surface area (Å²) in [5.74, 6) is 0. The number of aryl methyl sites for hydroxylation is 1. The number of rotatable bonds is 4. The topological polar surface area (TPSA) is 83.6 Å². The van der Waals surface area contributed by atoms with E-state index < -0.39 is 16.1 Å². The van der Waals surface area contributed by atoms with E-state index in [0.717, 1.165) is 9.87 Å². The molecule has 0 aliphatic heterocycles. The van der Waals surface area contributed by atoms with Gasteiger partial charge in [-0.2, -0.15) is 4.31 Å². The summed E-state index contributed by atoms with van der Waals surface area (Å²) in [6.45, 7) is 5.16. The van der Waals surface area contributed by atoms with Crippen LogP contribution in [0.3, 0.4) is 0 Å². The number of sulfonamides is 1. The fraction of sp³-hybridized carbons (Fsp3) is 0.500. The Morgan fingerprint density at radius 1 is 1.39 bits per heavy atom. The standard InChI is InChI=1S/C12H20N2O3S/c1-8-5-11(13)6-12(10(8)3)18(16,17)14(4)7-9(2)15/h5-6,9,15H,7,13H2,1-4H3. The second-order valence-electron chi connectivity index (χ2n) is 4.60. The summed E-state index contributed by atoms with van der Waals surface area (Å²) >= 11 is 0. The van der Waals surface area contributed by atoms with Crippen LogP contribution in [0, 0.1) is 13.8 Å². The van der Waals surface area contributed by atoms with Gasteiger partial charge in [-0.25, -0.2) is 8.42 Å². The van der Waals surface area contributed by atoms with Crippen LogP contribution in [0.25, 0.3) is 0 Å². The number of aliphatic hydroxyl groups is 1. The van der Waals surface area contributed by atoms with Crippen LogP contribution in [-0.2, 0) is 10.0 Å². The summed E-state index contributed by atoms with van der Waals surface area (Å²) in [6, 6.07) is 3.19. The molecule has 5 nitrogen and oxygen atoms in total. The number of aliphatic hydroxyl groups excluding tert-OH is 1. The first-order valence-electron chi connectivity index (χ1n) is 5.67. The largest absolute Gasteiger partial charge is 0.399 e. The maximum Gasteiger partial charge on any atom is 0.243 e. The van der Waals surface area contributed by atoms with Crippen LogP contribution in [0.15, 0.2) is 17.0 Å². The van der Waals surface area contributed by atoms with Crippen molar-refractivity contribution in [3.63, 3.8) is 0 Å². The van der Waals surface area contributed by atoms with E-state index in [1.54, 1.807) is 19.9 Å². The number of benzene rings is 1. The molecule has 0 saturated heterocycles. The normalized spacial score (nSPS) is 13.9. The molecular weight excluding hydrogens is 252 g/mol. The van der Waals surface area contributed by atoms with Crippen molar-refractivity contribution in [2.45, 2.75) is 31.8 Å². The van der Waals surface area contributed by atoms with Crippen LogP contribution < -0.4 is 5.73 Å². The molecule has 0 aliphatic rings. The molecule has 0 spiro atoms. The summed E-state index contributed by atoms with van der Waals surface area (Å²) in [7, 11) is -2.17. The van der Waals surface area contributed by atoms with Gasteiger partial charge in [0.15, 0.2) is 0 Å². The molecule has 0 amide bonds. The molecule has 0 fully saturated rings. The molecule has 0 aliphatic carbocycles. The average Bonchev–Trinajstić information content (AvgIpc) is 2.22. The van der Waals surface area contributed by atoms with E-state index in [9.17, 15) is 13.5 Å². The molecule has 1 atom stereocenters. The first-order valence-corrected chi connectivity index (χ1v) is 7.11. The Hall–Kier alpha value is -1.11. The molecule has 1 aromatic rings. The fourth-order valence-electron chi connectivity index (χ4n) is 1.76. The molecule has 102 valence electrons. The Morgan fingerprint density at radius 2 is 1.94 bits per heavy atom. The van der Waals surface area contributed by atoms with Crippen molar-refractivity contribution in [2.24, 2.45) is 0 Å². The SMILES string of the molecule is Cc1cc(N)cc(S(=O)(=O)N(C)CC(C)O)c1C. The van der Waals surface area contributed by atoms with Crippen LogP contribution in [0.4, 0.5) is 5.69 Å². The number of anilines is 1. The minimum absolute atomic E-state index is 0.0512. The van der Waals surface area contributed by atoms with Gasteiger partial charge in [0.05, 0.1) is 11.0 Å². The number of nitrogen functional groups attached to an aromatic ring is 1. The predicted molar refractivity (Wildman–Crippen MR) is 71.8 cm³/mol. The smallest absolute Gasteiger partial charge is 0.243 e. The van der Waals surface area contributed by atoms with E-state index in [-0.39, 0.29) is 11.4 Å². The van der Waals surface area contributed by atoms with E-state index in [1.807, 2.05) is 6.92 Å². The molecule has 0 saturated carbocycles. The lowest BCUT2D eigenvalue weighted by atomic mass is 10.1. The summed E-state index contributed by atoms with van der Waals surface area (Å²) in [6.07, 6.45) is -0.716. The van der Waals surface area contributed by atoms with Crippen molar-refractivity contribution >= 4 is 15.7 Å². The van der Waals surface area contributed by atoms with Crippen LogP contribution in [0.1, 0.15) is 18.1 Å². The van der Waals surface area contributed by atoms with E-state index >= 15 is 0 Å². The molecule has 0 bridgehead atoms. The number of hydrogen-bond acceptors (Lipinski definition) is 4. The molecule has 0 radical (unpaired) electrons. The first kappa shape index (κ1) is 14.9. The van der Waals surface area contributed by atoms with Gasteiger partial charge in [-0.05, 0) is 44.0 Å². The van der Waals surface area contributed by atoms with Gasteiger partial charge in [0.1, 0.15) is 0 Å². The second kappa shape index (κ2) is 5.26. The number of likely N-dealkylation sites (N-methyl/N-ethyl adjacent to an activating group) is 1. The minimum Gasteiger partial charge on any atom is -0.399 e. The molecule has 18 heavy (non-hydrogen) atoms. The maximum atomic E-state index is 12.4. The molecule has 1 rings (SSSR count). The second-order valence-corrected chi connectivity index (χ2v) is 6.61. The lowest BCUT2D eigenvalue weighted by molar-refractivity contribution is 0.171. The van der Waals surface area contributed by atoms with E-state index in [0.29, 0.717) is 11.3 Å². The van der Waals surface area contributed by atoms with Crippen molar-refractivity contribution in [1.29, 1.82) is 0 Å². The third-order valence-corrected chi connectivity index (χ3v) is 4.80. The zero-order valence-electron chi connectivity index (χ0n) is 11.1. The van der Waals surface area contributed by atoms with Crippen molar-refractivity contribution in [3.8, 4) is 0 Å². The third-order valence-electron chi connectivity index (χ3n) is 2.85. The molecule has 0 aromatic heterocycles. The Morgan fingerprint density at radius 3 is 2.44 bits per heavy atom. The van der Waals surface area contributed by atoms with Gasteiger partial charge >= 0.3 is 0 Å². The fourth-order valence-corrected chi connectivity index (χ4v) is 3.34. The molecule has 1 aromatic carbocycles. The van der Waals surface area contributed by atoms with Crippen LogP contribution >= 0.6 is 0 Å². The Labute approximate surface area is 108 Å². The monoisotopic (exact) mass is 272 g/mol. The highest BCUT2D eigenvalue weighted by molar-refractivity contribution is 7.89. The highest BCUT2D eigenvalue weighted by atomic mass is 32.2. The Bertz CT molecular complexity index is 538. The predicted octanol–water partition coefficient (Wildman–Crippen LogP) is 0.887. The average molecular weight is 272 g/mol. The maximum absolute atomic E-state index is 12.4. The molecule has 1 unspecified atom stereocenters. The van der Waals surface area contributed by atoms with Crippen LogP contribution in [0.2, 0.25) is 0 Å². The zero-order valence-corrected chi connectivity index (χ0v) is 12.0. The Balaban J connectivity index is 3.29. The summed E-state index contributed by atoms with van der Waals surface area (Å²) in [5.41, 5.74) is 7.63. The van der Waals surface area contributed by atoms with Gasteiger partial charge in [-0.1, -0.05) is 0 Å². The minimum atomic E-state index is -3.62. The molecule has 6 heteroatoms. The third kappa shape index (κ3) is 3.01. The molecule has 0 heterocycles. The quantitative estimate of drug-likeness (QED) is 0.797. The number of hydrogen-bond donors (Lipinski definition) is 2. The van der Waals surface area contributed by atoms with Gasteiger partial charge in [0.25, 0.3) is 0 Å². The Kier molecular flexibility index (Phi) is 4.37. The highest BCUT2D eigenvalue weighted by Gasteiger charge is 2.24. The summed E-state index contributed by atoms with van der Waals surface area (Å²) < 4.78 is 25.8. The van der Waals surface area contributed by atoms with Gasteiger partial charge in [0, 0.05) is 19.3 Å². The number of nitrogens with zero attached hydrogens (tertiary/aromatic N) is 1. The van der Waals surface area contributed by atoms with Gasteiger partial charge in [0.2, 0.25) is 10.0 Å². The molecular formula is C12H20N2O3S. The van der Waals surface area contributed by atoms with E-state index in [4.69, 9.17) is 5.73 Å². The lowest BCUT2D eigenvalue weighted by Gasteiger charge is -2.20. The van der Waals surface area contributed by atoms with E-state index in [1.165, 1.54) is 13.1 Å². The van der Waals surface area contributed by atoms with Gasteiger partial charge < -0.3 is 10.8 Å². The summed E-state index contributed by atoms with van der Waals surface area (Å²) in [5, 5.41) is 9.28. The first-order chi connectivity index (χ1) is 8.16. The van der Waals surface area contributed by atoms with Crippen molar-refractivity contribution in [2.75, 3.05) is 19.3 Å². The van der Waals surface area contributed by atoms with Crippen LogP contribution in [0.5, 0.6) is 0 Å². The van der Waals surface area contributed by atoms with Crippen molar-refractivity contribution in [1.82, 2.24) is 4.31 Å². The highest BCUT2D eigenvalue weighted by Crippen LogP contribution is 2.24. The van der Waals surface area contributed by atoms with E-state index in [2.05, 4.69) is 0 Å². The van der Waals surface area contributed by atoms with Crippen LogP contribution in [-0.4, -0.2) is 37.5 Å². The van der Waals surface area contributed by atoms with Crippen molar-refractivity contribution < 1.29 is 13.5 Å². The van der Waals surface area contributed by atoms with Crippen molar-refractivity contribution in [3.05, 3.63) is 23.3 Å². The zero-order chi connectivity index (χ0) is 14.1. The van der Waals surface area contributed by atoms with Gasteiger partial charge in [-0.15, -0.1) is 0 Å².